The lowest BCUT2D eigenvalue weighted by Crippen LogP contribution is -2.46. The minimum atomic E-state index is -0.721. The second kappa shape index (κ2) is 10.1. The number of halogens is 3. The van der Waals surface area contributed by atoms with Crippen molar-refractivity contribution in [2.45, 2.75) is 45.8 Å². The average Bonchev–Trinajstić information content (AvgIpc) is 3.20. The molecule has 0 saturated carbocycles. The van der Waals surface area contributed by atoms with E-state index in [1.54, 1.807) is 17.0 Å². The largest absolute Gasteiger partial charge is 0.464 e. The van der Waals surface area contributed by atoms with Gasteiger partial charge in [-0.2, -0.15) is 5.10 Å². The van der Waals surface area contributed by atoms with E-state index < -0.39 is 11.5 Å². The Morgan fingerprint density at radius 3 is 2.58 bits per heavy atom. The molecule has 0 spiro atoms. The lowest BCUT2D eigenvalue weighted by molar-refractivity contribution is 0.0593. The zero-order valence-electron chi connectivity index (χ0n) is 19.9. The quantitative estimate of drug-likeness (QED) is 0.456. The Bertz CT molecular complexity index is 1420. The Morgan fingerprint density at radius 2 is 1.94 bits per heavy atom. The highest BCUT2D eigenvalue weighted by Gasteiger charge is 2.33. The lowest BCUT2D eigenvalue weighted by atomic mass is 9.98. The first-order valence-corrected chi connectivity index (χ1v) is 12.2. The van der Waals surface area contributed by atoms with Crippen molar-refractivity contribution >= 4 is 52.6 Å². The van der Waals surface area contributed by atoms with Gasteiger partial charge in [0.2, 0.25) is 5.95 Å². The zero-order chi connectivity index (χ0) is 26.3. The number of hydrogen-bond donors (Lipinski definition) is 2. The van der Waals surface area contributed by atoms with Gasteiger partial charge in [-0.15, -0.1) is 0 Å². The summed E-state index contributed by atoms with van der Waals surface area (Å²) in [4.78, 5) is 45.3. The molecule has 0 radical (unpaired) electrons. The van der Waals surface area contributed by atoms with E-state index in [9.17, 15) is 14.4 Å². The van der Waals surface area contributed by atoms with Gasteiger partial charge in [-0.25, -0.2) is 14.3 Å². The zero-order valence-corrected chi connectivity index (χ0v) is 22.1. The highest BCUT2D eigenvalue weighted by Crippen LogP contribution is 2.29. The predicted octanol–water partition coefficient (Wildman–Crippen LogP) is 4.11. The first kappa shape index (κ1) is 26.0. The van der Waals surface area contributed by atoms with Crippen LogP contribution in [0.4, 0.5) is 5.95 Å². The van der Waals surface area contributed by atoms with E-state index >= 15 is 0 Å². The molecule has 10 nitrogen and oxygen atoms in total. The van der Waals surface area contributed by atoms with Crippen LogP contribution >= 0.6 is 34.8 Å². The molecule has 36 heavy (non-hydrogen) atoms. The maximum Gasteiger partial charge on any atom is 0.357 e. The van der Waals surface area contributed by atoms with Crippen molar-refractivity contribution in [1.82, 2.24) is 24.6 Å². The standard InChI is InChI=1S/C23H23Cl3N6O4/c1-10(2)27-23-28-16-9-31(20(33)12-5-6-14(24)15(25)8-12)11(3)7-13(16)21(34)32(23)19-17(26)18(29-30-19)22(35)36-4/h5-6,8,10-11H,7,9H2,1-4H3,(H,27,28)(H,29,30)/t11-/m1/s1. The van der Waals surface area contributed by atoms with Crippen LogP contribution < -0.4 is 10.9 Å². The number of carbonyl (C=O) groups excluding carboxylic acids is 2. The number of methoxy groups -OCH3 is 1. The maximum absolute atomic E-state index is 13.7. The third-order valence-electron chi connectivity index (χ3n) is 5.75. The first-order valence-electron chi connectivity index (χ1n) is 11.0. The number of aromatic nitrogens is 4. The molecule has 1 aromatic carbocycles. The van der Waals surface area contributed by atoms with E-state index in [1.165, 1.54) is 17.7 Å². The van der Waals surface area contributed by atoms with E-state index in [4.69, 9.17) is 39.5 Å². The third-order valence-corrected chi connectivity index (χ3v) is 6.85. The molecule has 0 aliphatic carbocycles. The average molecular weight is 554 g/mol. The minimum Gasteiger partial charge on any atom is -0.464 e. The monoisotopic (exact) mass is 552 g/mol. The summed E-state index contributed by atoms with van der Waals surface area (Å²) in [5.41, 5.74) is 0.772. The van der Waals surface area contributed by atoms with Crippen LogP contribution in [0.15, 0.2) is 23.0 Å². The number of carbonyl (C=O) groups is 2. The molecule has 1 aliphatic heterocycles. The van der Waals surface area contributed by atoms with Crippen molar-refractivity contribution in [1.29, 1.82) is 0 Å². The molecule has 1 atom stereocenters. The molecular weight excluding hydrogens is 531 g/mol. The molecule has 3 aromatic rings. The SMILES string of the molecule is COC(=O)c1[nH]nc(-n2c(NC(C)C)nc3c(c2=O)C[C@@H](C)N(C(=O)c2ccc(Cl)c(Cl)c2)C3)c1Cl. The molecule has 190 valence electrons. The van der Waals surface area contributed by atoms with E-state index in [-0.39, 0.29) is 58.5 Å². The number of aromatic amines is 1. The number of rotatable bonds is 5. The number of H-pyrrole nitrogens is 1. The van der Waals surface area contributed by atoms with Gasteiger partial charge in [0.15, 0.2) is 11.5 Å². The second-order valence-corrected chi connectivity index (χ2v) is 9.84. The van der Waals surface area contributed by atoms with Crippen LogP contribution in [-0.4, -0.2) is 55.7 Å². The number of nitrogens with one attached hydrogen (secondary N) is 2. The second-order valence-electron chi connectivity index (χ2n) is 8.64. The summed E-state index contributed by atoms with van der Waals surface area (Å²) in [6.45, 7) is 5.72. The van der Waals surface area contributed by atoms with E-state index in [2.05, 4.69) is 20.5 Å². The topological polar surface area (TPSA) is 122 Å². The van der Waals surface area contributed by atoms with Crippen LogP contribution in [0, 0.1) is 0 Å². The Balaban J connectivity index is 1.80. The summed E-state index contributed by atoms with van der Waals surface area (Å²) in [7, 11) is 1.21. The fourth-order valence-corrected chi connectivity index (χ4v) is 4.53. The Hall–Kier alpha value is -3.08. The number of anilines is 1. The molecular formula is C23H23Cl3N6O4. The minimum absolute atomic E-state index is 0.0162. The molecule has 0 fully saturated rings. The Morgan fingerprint density at radius 1 is 1.22 bits per heavy atom. The maximum atomic E-state index is 13.7. The number of ether oxygens (including phenoxy) is 1. The van der Waals surface area contributed by atoms with Crippen molar-refractivity contribution in [2.24, 2.45) is 0 Å². The van der Waals surface area contributed by atoms with Crippen LogP contribution in [0.1, 0.15) is 52.9 Å². The van der Waals surface area contributed by atoms with Gasteiger partial charge >= 0.3 is 5.97 Å². The van der Waals surface area contributed by atoms with Crippen LogP contribution in [0.5, 0.6) is 0 Å². The third kappa shape index (κ3) is 4.68. The van der Waals surface area contributed by atoms with Gasteiger partial charge in [-0.05, 0) is 45.4 Å². The summed E-state index contributed by atoms with van der Waals surface area (Å²) in [6.07, 6.45) is 0.252. The van der Waals surface area contributed by atoms with Gasteiger partial charge in [0.25, 0.3) is 11.5 Å². The molecule has 2 aromatic heterocycles. The van der Waals surface area contributed by atoms with Gasteiger partial charge in [-0.3, -0.25) is 14.7 Å². The summed E-state index contributed by atoms with van der Waals surface area (Å²) in [6, 6.07) is 4.28. The van der Waals surface area contributed by atoms with Gasteiger partial charge in [-0.1, -0.05) is 34.8 Å². The van der Waals surface area contributed by atoms with Crippen molar-refractivity contribution in [2.75, 3.05) is 12.4 Å². The van der Waals surface area contributed by atoms with Crippen molar-refractivity contribution in [3.8, 4) is 5.82 Å². The molecule has 0 bridgehead atoms. The fourth-order valence-electron chi connectivity index (χ4n) is 3.98. The number of esters is 1. The molecule has 3 heterocycles. The molecule has 0 unspecified atom stereocenters. The molecule has 1 amide bonds. The van der Waals surface area contributed by atoms with Crippen molar-refractivity contribution < 1.29 is 14.3 Å². The Kier molecular flexibility index (Phi) is 7.31. The van der Waals surface area contributed by atoms with Crippen molar-refractivity contribution in [3.05, 3.63) is 66.1 Å². The van der Waals surface area contributed by atoms with E-state index in [1.807, 2.05) is 20.8 Å². The van der Waals surface area contributed by atoms with Gasteiger partial charge in [0, 0.05) is 23.2 Å². The first-order chi connectivity index (χ1) is 17.0. The predicted molar refractivity (Wildman–Crippen MR) is 137 cm³/mol. The lowest BCUT2D eigenvalue weighted by Gasteiger charge is -2.34. The number of nitrogens with zero attached hydrogens (tertiary/aromatic N) is 4. The van der Waals surface area contributed by atoms with Crippen LogP contribution in [0.25, 0.3) is 5.82 Å². The summed E-state index contributed by atoms with van der Waals surface area (Å²) >= 11 is 18.5. The van der Waals surface area contributed by atoms with Crippen LogP contribution in [0.2, 0.25) is 15.1 Å². The molecule has 0 saturated heterocycles. The van der Waals surface area contributed by atoms with Gasteiger partial charge in [0.1, 0.15) is 5.02 Å². The Labute approximate surface area is 221 Å². The van der Waals surface area contributed by atoms with E-state index in [0.29, 0.717) is 21.8 Å². The van der Waals surface area contributed by atoms with E-state index in [0.717, 1.165) is 0 Å². The molecule has 13 heteroatoms. The highest BCUT2D eigenvalue weighted by atomic mass is 35.5. The highest BCUT2D eigenvalue weighted by molar-refractivity contribution is 6.42. The molecule has 2 N–H and O–H groups in total. The summed E-state index contributed by atoms with van der Waals surface area (Å²) in [5, 5.41) is 10.3. The van der Waals surface area contributed by atoms with Crippen LogP contribution in [0.3, 0.4) is 0 Å². The van der Waals surface area contributed by atoms with Gasteiger partial charge < -0.3 is 15.0 Å². The fraction of sp³-hybridized carbons (Fsp3) is 0.348. The smallest absolute Gasteiger partial charge is 0.357 e. The van der Waals surface area contributed by atoms with Crippen LogP contribution in [-0.2, 0) is 17.7 Å². The normalized spacial score (nSPS) is 15.1. The summed E-state index contributed by atoms with van der Waals surface area (Å²) < 4.78 is 5.94. The molecule has 4 rings (SSSR count). The number of hydrogen-bond acceptors (Lipinski definition) is 7. The summed E-state index contributed by atoms with van der Waals surface area (Å²) in [5.74, 6) is -0.784. The number of benzene rings is 1. The van der Waals surface area contributed by atoms with Gasteiger partial charge in [0.05, 0.1) is 29.4 Å². The number of amides is 1. The van der Waals surface area contributed by atoms with Crippen molar-refractivity contribution in [3.63, 3.8) is 0 Å². The molecule has 1 aliphatic rings. The number of fused-ring (bicyclic) bond motifs is 1.